The quantitative estimate of drug-likeness (QED) is 0.727. The van der Waals surface area contributed by atoms with Crippen LogP contribution in [0, 0.1) is 5.92 Å². The molecule has 26 heavy (non-hydrogen) atoms. The van der Waals surface area contributed by atoms with Crippen LogP contribution < -0.4 is 15.4 Å². The highest BCUT2D eigenvalue weighted by Crippen LogP contribution is 2.18. The Kier molecular flexibility index (Phi) is 7.67. The monoisotopic (exact) mass is 355 g/mol. The van der Waals surface area contributed by atoms with E-state index in [1.54, 1.807) is 7.11 Å². The summed E-state index contributed by atoms with van der Waals surface area (Å²) in [6.07, 6.45) is 1.05. The number of nitrogens with one attached hydrogen (secondary N) is 1. The first-order valence-electron chi connectivity index (χ1n) is 9.35. The first kappa shape index (κ1) is 20.0. The lowest BCUT2D eigenvalue weighted by atomic mass is 9.95. The number of rotatable bonds is 9. The summed E-state index contributed by atoms with van der Waals surface area (Å²) in [5.41, 5.74) is 3.68. The Labute approximate surface area is 157 Å². The third-order valence-corrected chi connectivity index (χ3v) is 4.70. The van der Waals surface area contributed by atoms with E-state index in [0.29, 0.717) is 19.0 Å². The highest BCUT2D eigenvalue weighted by Gasteiger charge is 2.20. The molecule has 0 spiro atoms. The van der Waals surface area contributed by atoms with E-state index < -0.39 is 0 Å². The fraction of sp³-hybridized carbons (Fsp3) is 0.409. The first-order valence-corrected chi connectivity index (χ1v) is 9.35. The number of hydrogen-bond donors (Lipinski definition) is 2. The maximum Gasteiger partial charge on any atom is 0.275 e. The Bertz CT molecular complexity index is 678. The molecule has 0 radical (unpaired) electrons. The molecular weight excluding hydrogens is 324 g/mol. The zero-order chi connectivity index (χ0) is 18.9. The number of ether oxygens (including phenoxy) is 1. The van der Waals surface area contributed by atoms with Crippen LogP contribution in [0.5, 0.6) is 5.75 Å². The first-order chi connectivity index (χ1) is 12.5. The molecule has 0 bridgehead atoms. The molecule has 0 heterocycles. The Morgan fingerprint density at radius 2 is 1.65 bits per heavy atom. The molecule has 0 fully saturated rings. The number of carbonyl (C=O) groups is 1. The fourth-order valence-corrected chi connectivity index (χ4v) is 3.02. The Morgan fingerprint density at radius 3 is 2.19 bits per heavy atom. The summed E-state index contributed by atoms with van der Waals surface area (Å²) in [6, 6.07) is 16.8. The van der Waals surface area contributed by atoms with Gasteiger partial charge in [0.15, 0.2) is 6.54 Å². The Morgan fingerprint density at radius 1 is 1.04 bits per heavy atom. The lowest BCUT2D eigenvalue weighted by Crippen LogP contribution is -2.88. The van der Waals surface area contributed by atoms with Crippen LogP contribution in [-0.4, -0.2) is 19.6 Å². The molecule has 2 aromatic rings. The molecule has 2 aromatic carbocycles. The van der Waals surface area contributed by atoms with E-state index in [-0.39, 0.29) is 11.9 Å². The van der Waals surface area contributed by atoms with Gasteiger partial charge in [-0.1, -0.05) is 57.2 Å². The highest BCUT2D eigenvalue weighted by atomic mass is 16.5. The van der Waals surface area contributed by atoms with Gasteiger partial charge in [0.05, 0.1) is 7.11 Å². The van der Waals surface area contributed by atoms with Crippen molar-refractivity contribution in [2.45, 2.75) is 39.8 Å². The molecule has 0 aliphatic heterocycles. The van der Waals surface area contributed by atoms with Gasteiger partial charge in [0, 0.05) is 18.0 Å². The van der Waals surface area contributed by atoms with Crippen molar-refractivity contribution in [3.63, 3.8) is 0 Å². The molecule has 0 unspecified atom stereocenters. The van der Waals surface area contributed by atoms with Gasteiger partial charge < -0.3 is 15.4 Å². The summed E-state index contributed by atoms with van der Waals surface area (Å²) in [6.45, 7) is 7.52. The van der Waals surface area contributed by atoms with Crippen molar-refractivity contribution >= 4 is 5.91 Å². The number of carbonyl (C=O) groups excluding carboxylic acids is 1. The second-order valence-corrected chi connectivity index (χ2v) is 6.93. The molecule has 0 aliphatic rings. The summed E-state index contributed by atoms with van der Waals surface area (Å²) < 4.78 is 5.15. The van der Waals surface area contributed by atoms with E-state index in [1.165, 1.54) is 11.1 Å². The number of methoxy groups -OCH3 is 1. The van der Waals surface area contributed by atoms with Gasteiger partial charge in [0.2, 0.25) is 0 Å². The molecule has 4 nitrogen and oxygen atoms in total. The van der Waals surface area contributed by atoms with E-state index in [0.717, 1.165) is 17.7 Å². The summed E-state index contributed by atoms with van der Waals surface area (Å²) in [5.74, 6) is 1.33. The summed E-state index contributed by atoms with van der Waals surface area (Å²) in [7, 11) is 1.65. The highest BCUT2D eigenvalue weighted by molar-refractivity contribution is 5.76. The number of nitrogens with two attached hydrogens (primary N) is 1. The van der Waals surface area contributed by atoms with E-state index in [4.69, 9.17) is 4.74 Å². The molecular formula is C22H31N2O2+. The molecule has 2 rings (SSSR count). The van der Waals surface area contributed by atoms with Gasteiger partial charge >= 0.3 is 0 Å². The van der Waals surface area contributed by atoms with Crippen molar-refractivity contribution < 1.29 is 14.8 Å². The number of benzene rings is 2. The smallest absolute Gasteiger partial charge is 0.275 e. The van der Waals surface area contributed by atoms with Crippen molar-refractivity contribution in [2.75, 3.05) is 13.7 Å². The molecule has 1 atom stereocenters. The number of amides is 1. The van der Waals surface area contributed by atoms with Crippen molar-refractivity contribution in [2.24, 2.45) is 5.92 Å². The summed E-state index contributed by atoms with van der Waals surface area (Å²) in [5, 5.41) is 5.12. The molecule has 0 saturated heterocycles. The third kappa shape index (κ3) is 5.88. The van der Waals surface area contributed by atoms with Crippen LogP contribution in [0.4, 0.5) is 0 Å². The molecule has 1 amide bonds. The Hall–Kier alpha value is -2.33. The third-order valence-electron chi connectivity index (χ3n) is 4.70. The van der Waals surface area contributed by atoms with Gasteiger partial charge in [-0.05, 0) is 29.7 Å². The predicted molar refractivity (Wildman–Crippen MR) is 105 cm³/mol. The number of hydrogen-bond acceptors (Lipinski definition) is 2. The minimum atomic E-state index is 0.0525. The normalized spacial score (nSPS) is 12.0. The van der Waals surface area contributed by atoms with Crippen LogP contribution in [0.15, 0.2) is 48.5 Å². The molecule has 0 aliphatic carbocycles. The molecule has 140 valence electrons. The van der Waals surface area contributed by atoms with Crippen LogP contribution >= 0.6 is 0 Å². The molecule has 0 aromatic heterocycles. The van der Waals surface area contributed by atoms with Crippen molar-refractivity contribution in [1.29, 1.82) is 0 Å². The van der Waals surface area contributed by atoms with Gasteiger partial charge in [-0.3, -0.25) is 4.79 Å². The van der Waals surface area contributed by atoms with Gasteiger partial charge in [-0.2, -0.15) is 0 Å². The average Bonchev–Trinajstić information content (AvgIpc) is 2.67. The Balaban J connectivity index is 1.86. The lowest BCUT2D eigenvalue weighted by molar-refractivity contribution is -0.692. The van der Waals surface area contributed by atoms with Crippen molar-refractivity contribution in [3.05, 3.63) is 65.2 Å². The van der Waals surface area contributed by atoms with E-state index in [1.807, 2.05) is 24.3 Å². The lowest BCUT2D eigenvalue weighted by Gasteiger charge is -2.20. The van der Waals surface area contributed by atoms with Crippen molar-refractivity contribution in [1.82, 2.24) is 5.32 Å². The van der Waals surface area contributed by atoms with Crippen LogP contribution in [0.2, 0.25) is 0 Å². The predicted octanol–water partition coefficient (Wildman–Crippen LogP) is 2.83. The van der Waals surface area contributed by atoms with Crippen LogP contribution in [0.1, 0.15) is 43.5 Å². The maximum absolute atomic E-state index is 12.2. The van der Waals surface area contributed by atoms with Crippen molar-refractivity contribution in [3.8, 4) is 5.75 Å². The molecule has 4 heteroatoms. The van der Waals surface area contributed by atoms with E-state index in [9.17, 15) is 4.79 Å². The van der Waals surface area contributed by atoms with Crippen LogP contribution in [0.25, 0.3) is 0 Å². The topological polar surface area (TPSA) is 54.9 Å². The molecule has 3 N–H and O–H groups in total. The summed E-state index contributed by atoms with van der Waals surface area (Å²) >= 11 is 0. The largest absolute Gasteiger partial charge is 0.497 e. The minimum Gasteiger partial charge on any atom is -0.497 e. The number of quaternary nitrogens is 1. The van der Waals surface area contributed by atoms with Gasteiger partial charge in [0.25, 0.3) is 5.91 Å². The maximum atomic E-state index is 12.2. The zero-order valence-corrected chi connectivity index (χ0v) is 16.3. The second-order valence-electron chi connectivity index (χ2n) is 6.93. The average molecular weight is 356 g/mol. The van der Waals surface area contributed by atoms with E-state index in [2.05, 4.69) is 55.7 Å². The second kappa shape index (κ2) is 9.97. The van der Waals surface area contributed by atoms with Crippen LogP contribution in [0.3, 0.4) is 0 Å². The van der Waals surface area contributed by atoms with Gasteiger partial charge in [-0.15, -0.1) is 0 Å². The molecule has 0 saturated carbocycles. The standard InChI is InChI=1S/C22H30N2O2/c1-5-17-6-10-19(11-7-17)22(16(2)3)24-15-21(25)23-14-18-8-12-20(26-4)13-9-18/h6-13,16,22,24H,5,14-15H2,1-4H3,(H,23,25)/p+1/t22-/m1/s1. The SMILES string of the molecule is CCc1ccc([C@H]([NH2+]CC(=O)NCc2ccc(OC)cc2)C(C)C)cc1. The van der Waals surface area contributed by atoms with E-state index >= 15 is 0 Å². The minimum absolute atomic E-state index is 0.0525. The van der Waals surface area contributed by atoms with Gasteiger partial charge in [0.1, 0.15) is 11.8 Å². The number of aryl methyl sites for hydroxylation is 1. The zero-order valence-electron chi connectivity index (χ0n) is 16.3. The van der Waals surface area contributed by atoms with Crippen LogP contribution in [-0.2, 0) is 17.8 Å². The fourth-order valence-electron chi connectivity index (χ4n) is 3.02. The van der Waals surface area contributed by atoms with Gasteiger partial charge in [-0.25, -0.2) is 0 Å². The summed E-state index contributed by atoms with van der Waals surface area (Å²) in [4.78, 5) is 12.2.